The van der Waals surface area contributed by atoms with Crippen molar-refractivity contribution in [3.8, 4) is 0 Å². The number of ether oxygens (including phenoxy) is 1. The lowest BCUT2D eigenvalue weighted by molar-refractivity contribution is -0.151. The normalized spacial score (nSPS) is 13.2. The van der Waals surface area contributed by atoms with Gasteiger partial charge in [-0.05, 0) is 31.1 Å². The Morgan fingerprint density at radius 3 is 2.25 bits per heavy atom. The van der Waals surface area contributed by atoms with E-state index < -0.39 is 0 Å². The standard InChI is InChI=1S/C13H26O3/c1-10(2)9-12(11(3)4)13(15)16-8-6-5-7-14/h10-12,14H,5-9H2,1-4H3. The molecule has 0 aromatic heterocycles. The van der Waals surface area contributed by atoms with Crippen LogP contribution in [-0.4, -0.2) is 24.3 Å². The molecule has 0 rings (SSSR count). The third-order valence-corrected chi connectivity index (χ3v) is 2.63. The fraction of sp³-hybridized carbons (Fsp3) is 0.923. The van der Waals surface area contributed by atoms with Crippen LogP contribution in [0.3, 0.4) is 0 Å². The van der Waals surface area contributed by atoms with Gasteiger partial charge in [0.25, 0.3) is 0 Å². The van der Waals surface area contributed by atoms with Crippen LogP contribution in [0.25, 0.3) is 0 Å². The Labute approximate surface area is 99.2 Å². The molecular weight excluding hydrogens is 204 g/mol. The summed E-state index contributed by atoms with van der Waals surface area (Å²) in [7, 11) is 0. The predicted molar refractivity (Wildman–Crippen MR) is 65.1 cm³/mol. The molecule has 0 aliphatic rings. The van der Waals surface area contributed by atoms with Gasteiger partial charge in [-0.1, -0.05) is 27.7 Å². The number of hydrogen-bond donors (Lipinski definition) is 1. The van der Waals surface area contributed by atoms with E-state index >= 15 is 0 Å². The molecule has 1 N–H and O–H groups in total. The van der Waals surface area contributed by atoms with Gasteiger partial charge in [0, 0.05) is 6.61 Å². The van der Waals surface area contributed by atoms with E-state index in [1.54, 1.807) is 0 Å². The Bertz CT molecular complexity index is 188. The van der Waals surface area contributed by atoms with E-state index in [1.165, 1.54) is 0 Å². The SMILES string of the molecule is CC(C)CC(C(=O)OCCCCO)C(C)C. The molecule has 0 saturated heterocycles. The summed E-state index contributed by atoms with van der Waals surface area (Å²) in [4.78, 5) is 11.8. The quantitative estimate of drug-likeness (QED) is 0.515. The molecule has 0 aromatic rings. The Hall–Kier alpha value is -0.570. The first-order chi connectivity index (χ1) is 7.49. The third kappa shape index (κ3) is 6.83. The lowest BCUT2D eigenvalue weighted by Crippen LogP contribution is -2.24. The maximum atomic E-state index is 11.8. The molecule has 0 heterocycles. The number of hydrogen-bond acceptors (Lipinski definition) is 3. The average Bonchev–Trinajstić information content (AvgIpc) is 2.20. The first kappa shape index (κ1) is 15.4. The summed E-state index contributed by atoms with van der Waals surface area (Å²) in [6.45, 7) is 8.95. The van der Waals surface area contributed by atoms with Crippen molar-refractivity contribution in [2.45, 2.75) is 47.0 Å². The lowest BCUT2D eigenvalue weighted by atomic mass is 9.88. The number of unbranched alkanes of at least 4 members (excludes halogenated alkanes) is 1. The second-order valence-electron chi connectivity index (χ2n) is 5.08. The Kier molecular flexibility index (Phi) is 8.26. The number of carbonyl (C=O) groups is 1. The molecule has 0 fully saturated rings. The highest BCUT2D eigenvalue weighted by molar-refractivity contribution is 5.72. The Morgan fingerprint density at radius 2 is 1.81 bits per heavy atom. The smallest absolute Gasteiger partial charge is 0.309 e. The fourth-order valence-corrected chi connectivity index (χ4v) is 1.64. The predicted octanol–water partition coefficient (Wildman–Crippen LogP) is 2.62. The highest BCUT2D eigenvalue weighted by atomic mass is 16.5. The summed E-state index contributed by atoms with van der Waals surface area (Å²) in [5.41, 5.74) is 0. The van der Waals surface area contributed by atoms with Crippen LogP contribution in [0.1, 0.15) is 47.0 Å². The third-order valence-electron chi connectivity index (χ3n) is 2.63. The molecule has 0 aromatic carbocycles. The number of rotatable bonds is 8. The van der Waals surface area contributed by atoms with Gasteiger partial charge < -0.3 is 9.84 Å². The van der Waals surface area contributed by atoms with E-state index in [2.05, 4.69) is 27.7 Å². The van der Waals surface area contributed by atoms with Crippen LogP contribution in [0.15, 0.2) is 0 Å². The van der Waals surface area contributed by atoms with Gasteiger partial charge in [0.15, 0.2) is 0 Å². The van der Waals surface area contributed by atoms with Crippen molar-refractivity contribution in [2.75, 3.05) is 13.2 Å². The largest absolute Gasteiger partial charge is 0.465 e. The molecule has 16 heavy (non-hydrogen) atoms. The summed E-state index contributed by atoms with van der Waals surface area (Å²) >= 11 is 0. The number of aliphatic hydroxyl groups is 1. The molecule has 0 spiro atoms. The number of carbonyl (C=O) groups excluding carboxylic acids is 1. The summed E-state index contributed by atoms with van der Waals surface area (Å²) < 4.78 is 5.22. The highest BCUT2D eigenvalue weighted by Gasteiger charge is 2.24. The Morgan fingerprint density at radius 1 is 1.19 bits per heavy atom. The molecule has 0 aliphatic carbocycles. The van der Waals surface area contributed by atoms with Gasteiger partial charge in [0.2, 0.25) is 0 Å². The lowest BCUT2D eigenvalue weighted by Gasteiger charge is -2.21. The van der Waals surface area contributed by atoms with E-state index in [0.29, 0.717) is 24.9 Å². The molecule has 0 bridgehead atoms. The molecular formula is C13H26O3. The van der Waals surface area contributed by atoms with Gasteiger partial charge >= 0.3 is 5.97 Å². The minimum Gasteiger partial charge on any atom is -0.465 e. The van der Waals surface area contributed by atoms with Crippen LogP contribution in [0.4, 0.5) is 0 Å². The fourth-order valence-electron chi connectivity index (χ4n) is 1.64. The summed E-state index contributed by atoms with van der Waals surface area (Å²) in [5.74, 6) is 0.765. The maximum Gasteiger partial charge on any atom is 0.309 e. The van der Waals surface area contributed by atoms with Crippen LogP contribution in [0.2, 0.25) is 0 Å². The van der Waals surface area contributed by atoms with Crippen LogP contribution >= 0.6 is 0 Å². The molecule has 0 aliphatic heterocycles. The van der Waals surface area contributed by atoms with Crippen molar-refractivity contribution < 1.29 is 14.6 Å². The second-order valence-corrected chi connectivity index (χ2v) is 5.08. The van der Waals surface area contributed by atoms with Crippen molar-refractivity contribution in [2.24, 2.45) is 17.8 Å². The first-order valence-electron chi connectivity index (χ1n) is 6.26. The second kappa shape index (κ2) is 8.57. The summed E-state index contributed by atoms with van der Waals surface area (Å²) in [6, 6.07) is 0. The van der Waals surface area contributed by atoms with Crippen molar-refractivity contribution >= 4 is 5.97 Å². The molecule has 3 nitrogen and oxygen atoms in total. The van der Waals surface area contributed by atoms with Gasteiger partial charge in [-0.25, -0.2) is 0 Å². The zero-order valence-electron chi connectivity index (χ0n) is 11.0. The van der Waals surface area contributed by atoms with Crippen LogP contribution in [0.5, 0.6) is 0 Å². The van der Waals surface area contributed by atoms with Crippen molar-refractivity contribution in [3.05, 3.63) is 0 Å². The molecule has 3 heteroatoms. The van der Waals surface area contributed by atoms with Crippen LogP contribution < -0.4 is 0 Å². The maximum absolute atomic E-state index is 11.8. The van der Waals surface area contributed by atoms with Gasteiger partial charge in [-0.3, -0.25) is 4.79 Å². The zero-order chi connectivity index (χ0) is 12.6. The van der Waals surface area contributed by atoms with Crippen LogP contribution in [-0.2, 0) is 9.53 Å². The van der Waals surface area contributed by atoms with Crippen molar-refractivity contribution in [1.82, 2.24) is 0 Å². The van der Waals surface area contributed by atoms with E-state index in [-0.39, 0.29) is 18.5 Å². The Balaban J connectivity index is 3.97. The molecule has 0 saturated carbocycles. The first-order valence-corrected chi connectivity index (χ1v) is 6.26. The van der Waals surface area contributed by atoms with E-state index in [0.717, 1.165) is 12.8 Å². The monoisotopic (exact) mass is 230 g/mol. The molecule has 1 unspecified atom stereocenters. The van der Waals surface area contributed by atoms with Crippen molar-refractivity contribution in [3.63, 3.8) is 0 Å². The summed E-state index contributed by atoms with van der Waals surface area (Å²) in [6.07, 6.45) is 2.33. The average molecular weight is 230 g/mol. The van der Waals surface area contributed by atoms with Gasteiger partial charge in [-0.15, -0.1) is 0 Å². The van der Waals surface area contributed by atoms with E-state index in [4.69, 9.17) is 9.84 Å². The molecule has 0 amide bonds. The van der Waals surface area contributed by atoms with Gasteiger partial charge in [0.1, 0.15) is 0 Å². The molecule has 1 atom stereocenters. The van der Waals surface area contributed by atoms with Crippen LogP contribution in [0, 0.1) is 17.8 Å². The zero-order valence-corrected chi connectivity index (χ0v) is 11.0. The highest BCUT2D eigenvalue weighted by Crippen LogP contribution is 2.21. The molecule has 96 valence electrons. The summed E-state index contributed by atoms with van der Waals surface area (Å²) in [5, 5.41) is 8.61. The topological polar surface area (TPSA) is 46.5 Å². The minimum atomic E-state index is -0.0818. The van der Waals surface area contributed by atoms with Gasteiger partial charge in [0.05, 0.1) is 12.5 Å². The minimum absolute atomic E-state index is 0.00845. The van der Waals surface area contributed by atoms with E-state index in [9.17, 15) is 4.79 Å². The van der Waals surface area contributed by atoms with E-state index in [1.807, 2.05) is 0 Å². The van der Waals surface area contributed by atoms with Crippen molar-refractivity contribution in [1.29, 1.82) is 0 Å². The number of aliphatic hydroxyl groups excluding tert-OH is 1. The number of esters is 1. The molecule has 0 radical (unpaired) electrons. The van der Waals surface area contributed by atoms with Gasteiger partial charge in [-0.2, -0.15) is 0 Å².